The summed E-state index contributed by atoms with van der Waals surface area (Å²) in [6.45, 7) is 1.14. The van der Waals surface area contributed by atoms with Gasteiger partial charge in [0.25, 0.3) is 0 Å². The van der Waals surface area contributed by atoms with Crippen LogP contribution in [0, 0.1) is 0 Å². The molecule has 2 aromatic rings. The molecule has 1 aliphatic heterocycles. The Morgan fingerprint density at radius 1 is 1.17 bits per heavy atom. The number of ether oxygens (including phenoxy) is 1. The monoisotopic (exact) mass is 238 g/mol. The Bertz CT molecular complexity index is 571. The molecule has 1 aliphatic rings. The van der Waals surface area contributed by atoms with Crippen molar-refractivity contribution in [2.45, 2.75) is 13.2 Å². The molecule has 1 radical (unpaired) electrons. The van der Waals surface area contributed by atoms with E-state index in [4.69, 9.17) is 15.1 Å². The molecule has 2 aromatic carbocycles. The molecule has 0 aliphatic carbocycles. The van der Waals surface area contributed by atoms with Gasteiger partial charge in [0.2, 0.25) is 0 Å². The van der Waals surface area contributed by atoms with Crippen LogP contribution in [0.1, 0.15) is 11.1 Å². The zero-order chi connectivity index (χ0) is 12.4. The molecule has 1 heterocycles. The number of nitrogens with two attached hydrogens (primary N) is 1. The lowest BCUT2D eigenvalue weighted by molar-refractivity contribution is 0.344. The van der Waals surface area contributed by atoms with Crippen LogP contribution in [0.4, 0.5) is 0 Å². The highest BCUT2D eigenvalue weighted by Gasteiger charge is 2.13. The van der Waals surface area contributed by atoms with Crippen LogP contribution < -0.4 is 15.9 Å². The Balaban J connectivity index is 1.83. The van der Waals surface area contributed by atoms with Gasteiger partial charge in [-0.15, -0.1) is 0 Å². The fourth-order valence-corrected chi connectivity index (χ4v) is 1.98. The maximum atomic E-state index is 5.82. The molecule has 2 N–H and O–H groups in total. The van der Waals surface area contributed by atoms with Crippen LogP contribution in [0.25, 0.3) is 0 Å². The van der Waals surface area contributed by atoms with E-state index in [0.29, 0.717) is 13.2 Å². The Hall–Kier alpha value is -1.78. The predicted molar refractivity (Wildman–Crippen MR) is 71.0 cm³/mol. The predicted octanol–water partition coefficient (Wildman–Crippen LogP) is 1.71. The van der Waals surface area contributed by atoms with Gasteiger partial charge in [-0.3, -0.25) is 0 Å². The van der Waals surface area contributed by atoms with Crippen molar-refractivity contribution in [2.75, 3.05) is 0 Å². The van der Waals surface area contributed by atoms with E-state index in [1.165, 1.54) is 0 Å². The van der Waals surface area contributed by atoms with E-state index >= 15 is 0 Å². The summed E-state index contributed by atoms with van der Waals surface area (Å²) >= 11 is 0. The molecule has 0 unspecified atom stereocenters. The van der Waals surface area contributed by atoms with Crippen molar-refractivity contribution in [2.24, 2.45) is 5.73 Å². The van der Waals surface area contributed by atoms with E-state index in [-0.39, 0.29) is 0 Å². The third-order valence-electron chi connectivity index (χ3n) is 2.93. The lowest BCUT2D eigenvalue weighted by Crippen LogP contribution is -2.10. The van der Waals surface area contributed by atoms with Gasteiger partial charge in [0.15, 0.2) is 0 Å². The lowest BCUT2D eigenvalue weighted by atomic mass is 9.87. The Morgan fingerprint density at radius 3 is 2.94 bits per heavy atom. The molecule has 0 spiro atoms. The van der Waals surface area contributed by atoms with Gasteiger partial charge in [-0.25, -0.2) is 0 Å². The van der Waals surface area contributed by atoms with Crippen molar-refractivity contribution >= 4 is 12.9 Å². The van der Waals surface area contributed by atoms with Gasteiger partial charge >= 0.3 is 7.48 Å². The number of fused-ring (bicyclic) bond motifs is 1. The van der Waals surface area contributed by atoms with E-state index < -0.39 is 0 Å². The van der Waals surface area contributed by atoms with Gasteiger partial charge in [0.05, 0.1) is 6.61 Å². The van der Waals surface area contributed by atoms with Crippen molar-refractivity contribution in [3.8, 4) is 11.5 Å². The van der Waals surface area contributed by atoms with Gasteiger partial charge in [0.1, 0.15) is 11.5 Å². The number of hydrogen-bond acceptors (Lipinski definition) is 3. The van der Waals surface area contributed by atoms with Crippen LogP contribution in [0.3, 0.4) is 0 Å². The molecule has 0 saturated carbocycles. The standard InChI is InChI=1S/C14H13BNO2/c16-8-10-2-1-3-12(6-10)18-13-4-5-14-11(7-13)9-17-15-14/h1-7H,8-9,16H2. The minimum Gasteiger partial charge on any atom is -0.457 e. The summed E-state index contributed by atoms with van der Waals surface area (Å²) in [7, 11) is 1.77. The lowest BCUT2D eigenvalue weighted by Gasteiger charge is -2.08. The van der Waals surface area contributed by atoms with Crippen molar-refractivity contribution in [1.29, 1.82) is 0 Å². The average Bonchev–Trinajstić information content (AvgIpc) is 2.86. The van der Waals surface area contributed by atoms with Gasteiger partial charge in [-0.2, -0.15) is 0 Å². The van der Waals surface area contributed by atoms with E-state index in [0.717, 1.165) is 28.1 Å². The molecule has 0 bridgehead atoms. The quantitative estimate of drug-likeness (QED) is 0.828. The molecule has 0 saturated heterocycles. The third-order valence-corrected chi connectivity index (χ3v) is 2.93. The topological polar surface area (TPSA) is 44.5 Å². The Labute approximate surface area is 107 Å². The van der Waals surface area contributed by atoms with Crippen molar-refractivity contribution in [1.82, 2.24) is 0 Å². The fourth-order valence-electron chi connectivity index (χ4n) is 1.98. The minimum atomic E-state index is 0.518. The summed E-state index contributed by atoms with van der Waals surface area (Å²) in [5, 5.41) is 0. The van der Waals surface area contributed by atoms with Crippen molar-refractivity contribution < 1.29 is 9.39 Å². The second kappa shape index (κ2) is 4.84. The van der Waals surface area contributed by atoms with Crippen LogP contribution >= 0.6 is 0 Å². The maximum absolute atomic E-state index is 5.82. The summed E-state index contributed by atoms with van der Waals surface area (Å²) in [6, 6.07) is 13.8. The second-order valence-electron chi connectivity index (χ2n) is 4.24. The first kappa shape index (κ1) is 11.3. The van der Waals surface area contributed by atoms with Crippen LogP contribution in [-0.4, -0.2) is 7.48 Å². The molecule has 0 atom stereocenters. The number of hydrogen-bond donors (Lipinski definition) is 1. The van der Waals surface area contributed by atoms with Crippen LogP contribution in [0.15, 0.2) is 42.5 Å². The number of rotatable bonds is 3. The maximum Gasteiger partial charge on any atom is 0.330 e. The fraction of sp³-hybridized carbons (Fsp3) is 0.143. The number of benzene rings is 2. The molecule has 0 aromatic heterocycles. The molecule has 3 nitrogen and oxygen atoms in total. The molecule has 4 heteroatoms. The Morgan fingerprint density at radius 2 is 2.06 bits per heavy atom. The first-order chi connectivity index (χ1) is 8.85. The molecule has 0 amide bonds. The van der Waals surface area contributed by atoms with Crippen LogP contribution in [0.2, 0.25) is 0 Å². The zero-order valence-corrected chi connectivity index (χ0v) is 9.93. The summed E-state index contributed by atoms with van der Waals surface area (Å²) in [5.41, 5.74) is 8.95. The second-order valence-corrected chi connectivity index (χ2v) is 4.24. The van der Waals surface area contributed by atoms with E-state index in [2.05, 4.69) is 0 Å². The van der Waals surface area contributed by atoms with Crippen molar-refractivity contribution in [3.05, 3.63) is 53.6 Å². The zero-order valence-electron chi connectivity index (χ0n) is 9.93. The Kier molecular flexibility index (Phi) is 3.05. The van der Waals surface area contributed by atoms with Gasteiger partial charge < -0.3 is 15.1 Å². The van der Waals surface area contributed by atoms with Crippen LogP contribution in [0.5, 0.6) is 11.5 Å². The van der Waals surface area contributed by atoms with Gasteiger partial charge in [-0.05, 0) is 40.9 Å². The molecular formula is C14H13BNO2. The van der Waals surface area contributed by atoms with Crippen molar-refractivity contribution in [3.63, 3.8) is 0 Å². The van der Waals surface area contributed by atoms with Gasteiger partial charge in [0, 0.05) is 6.54 Å². The smallest absolute Gasteiger partial charge is 0.330 e. The largest absolute Gasteiger partial charge is 0.457 e. The third kappa shape index (κ3) is 2.25. The summed E-state index contributed by atoms with van der Waals surface area (Å²) in [4.78, 5) is 0. The van der Waals surface area contributed by atoms with Gasteiger partial charge in [-0.1, -0.05) is 18.2 Å². The normalized spacial score (nSPS) is 12.9. The minimum absolute atomic E-state index is 0.518. The average molecular weight is 238 g/mol. The highest BCUT2D eigenvalue weighted by atomic mass is 16.5. The van der Waals surface area contributed by atoms with Crippen LogP contribution in [-0.2, 0) is 17.8 Å². The molecule has 18 heavy (non-hydrogen) atoms. The highest BCUT2D eigenvalue weighted by molar-refractivity contribution is 6.48. The first-order valence-corrected chi connectivity index (χ1v) is 5.90. The molecular weight excluding hydrogens is 225 g/mol. The summed E-state index contributed by atoms with van der Waals surface area (Å²) in [6.07, 6.45) is 0. The van der Waals surface area contributed by atoms with E-state index in [1.54, 1.807) is 7.48 Å². The molecule has 89 valence electrons. The highest BCUT2D eigenvalue weighted by Crippen LogP contribution is 2.23. The molecule has 3 rings (SSSR count). The summed E-state index contributed by atoms with van der Waals surface area (Å²) < 4.78 is 11.1. The van der Waals surface area contributed by atoms with E-state index in [1.807, 2.05) is 42.5 Å². The molecule has 0 fully saturated rings. The first-order valence-electron chi connectivity index (χ1n) is 5.90. The SMILES string of the molecule is NCc1cccc(Oc2ccc3c(c2)CO[B]3)c1. The van der Waals surface area contributed by atoms with E-state index in [9.17, 15) is 0 Å². The summed E-state index contributed by atoms with van der Waals surface area (Å²) in [5.74, 6) is 1.63.